The molecule has 0 aliphatic carbocycles. The van der Waals surface area contributed by atoms with Gasteiger partial charge in [0.2, 0.25) is 11.8 Å². The third-order valence-electron chi connectivity index (χ3n) is 3.64. The number of amides is 2. The average Bonchev–Trinajstić information content (AvgIpc) is 2.45. The van der Waals surface area contributed by atoms with E-state index in [4.69, 9.17) is 15.2 Å². The molecule has 1 aromatic rings. The van der Waals surface area contributed by atoms with Gasteiger partial charge in [0.15, 0.2) is 11.5 Å². The molecule has 1 fully saturated rings. The first-order chi connectivity index (χ1) is 10.0. The fourth-order valence-corrected chi connectivity index (χ4v) is 2.40. The number of hydrogen-bond acceptors (Lipinski definition) is 5. The highest BCUT2D eigenvalue weighted by atomic mass is 16.6. The van der Waals surface area contributed by atoms with Crippen LogP contribution in [0.25, 0.3) is 0 Å². The highest BCUT2D eigenvalue weighted by Gasteiger charge is 2.28. The monoisotopic (exact) mass is 291 g/mol. The number of nitrogen functional groups attached to an aromatic ring is 1. The van der Waals surface area contributed by atoms with E-state index in [1.165, 1.54) is 9.80 Å². The van der Waals surface area contributed by atoms with Gasteiger partial charge in [-0.05, 0) is 11.6 Å². The number of hydrogen-bond donors (Lipinski definition) is 1. The molecule has 21 heavy (non-hydrogen) atoms. The SMILES string of the molecule is CN1CC(=O)N(Cc2cc3c(cc2N)OCCO3)CC1=O. The van der Waals surface area contributed by atoms with E-state index in [0.717, 1.165) is 5.56 Å². The normalized spacial score (nSPS) is 18.1. The number of anilines is 1. The van der Waals surface area contributed by atoms with Gasteiger partial charge in [0.25, 0.3) is 0 Å². The van der Waals surface area contributed by atoms with E-state index in [1.54, 1.807) is 19.2 Å². The van der Waals surface area contributed by atoms with Gasteiger partial charge in [0.05, 0.1) is 6.54 Å². The maximum atomic E-state index is 12.0. The molecule has 112 valence electrons. The Hall–Kier alpha value is -2.44. The number of piperazine rings is 1. The Labute approximate surface area is 122 Å². The molecule has 2 heterocycles. The number of rotatable bonds is 2. The van der Waals surface area contributed by atoms with Crippen molar-refractivity contribution < 1.29 is 19.1 Å². The lowest BCUT2D eigenvalue weighted by Gasteiger charge is -2.32. The second-order valence-electron chi connectivity index (χ2n) is 5.19. The van der Waals surface area contributed by atoms with Crippen molar-refractivity contribution >= 4 is 17.5 Å². The number of carbonyl (C=O) groups is 2. The summed E-state index contributed by atoms with van der Waals surface area (Å²) in [7, 11) is 1.62. The summed E-state index contributed by atoms with van der Waals surface area (Å²) in [5.41, 5.74) is 7.28. The summed E-state index contributed by atoms with van der Waals surface area (Å²) in [4.78, 5) is 26.6. The quantitative estimate of drug-likeness (QED) is 0.765. The van der Waals surface area contributed by atoms with Crippen LogP contribution in [0.3, 0.4) is 0 Å². The van der Waals surface area contributed by atoms with Gasteiger partial charge in [-0.25, -0.2) is 0 Å². The van der Waals surface area contributed by atoms with Crippen LogP contribution >= 0.6 is 0 Å². The van der Waals surface area contributed by atoms with Crippen LogP contribution in [0.15, 0.2) is 12.1 Å². The maximum Gasteiger partial charge on any atom is 0.242 e. The van der Waals surface area contributed by atoms with Crippen molar-refractivity contribution in [2.45, 2.75) is 6.54 Å². The molecule has 7 nitrogen and oxygen atoms in total. The summed E-state index contributed by atoms with van der Waals surface area (Å²) in [5, 5.41) is 0. The van der Waals surface area contributed by atoms with Crippen LogP contribution in [-0.2, 0) is 16.1 Å². The molecule has 0 aromatic heterocycles. The maximum absolute atomic E-state index is 12.0. The predicted octanol–water partition coefficient (Wildman–Crippen LogP) is -0.159. The van der Waals surface area contributed by atoms with E-state index in [1.807, 2.05) is 0 Å². The number of ether oxygens (including phenoxy) is 2. The van der Waals surface area contributed by atoms with Crippen molar-refractivity contribution in [3.8, 4) is 11.5 Å². The Balaban J connectivity index is 1.81. The summed E-state index contributed by atoms with van der Waals surface area (Å²) in [6.45, 7) is 1.45. The largest absolute Gasteiger partial charge is 0.486 e. The van der Waals surface area contributed by atoms with Crippen molar-refractivity contribution in [1.82, 2.24) is 9.80 Å². The van der Waals surface area contributed by atoms with Crippen LogP contribution in [0.4, 0.5) is 5.69 Å². The van der Waals surface area contributed by atoms with Crippen LogP contribution in [0.1, 0.15) is 5.56 Å². The summed E-state index contributed by atoms with van der Waals surface area (Å²) in [5.74, 6) is 1.07. The van der Waals surface area contributed by atoms with E-state index in [-0.39, 0.29) is 24.9 Å². The van der Waals surface area contributed by atoms with Gasteiger partial charge in [0, 0.05) is 25.3 Å². The fourth-order valence-electron chi connectivity index (χ4n) is 2.40. The Kier molecular flexibility index (Phi) is 3.32. The molecule has 0 saturated carbocycles. The second-order valence-corrected chi connectivity index (χ2v) is 5.19. The first-order valence-electron chi connectivity index (χ1n) is 6.74. The lowest BCUT2D eigenvalue weighted by Crippen LogP contribution is -2.51. The summed E-state index contributed by atoms with van der Waals surface area (Å²) < 4.78 is 11.0. The van der Waals surface area contributed by atoms with Crippen molar-refractivity contribution in [2.24, 2.45) is 0 Å². The minimum atomic E-state index is -0.0913. The standard InChI is InChI=1S/C14H17N3O4/c1-16-7-14(19)17(8-13(16)18)6-9-4-11-12(5-10(9)15)21-3-2-20-11/h4-5H,2-3,6-8,15H2,1H3. The Bertz CT molecular complexity index is 602. The molecule has 1 saturated heterocycles. The van der Waals surface area contributed by atoms with E-state index in [0.29, 0.717) is 36.9 Å². The van der Waals surface area contributed by atoms with Crippen LogP contribution in [0.5, 0.6) is 11.5 Å². The molecular formula is C14H17N3O4. The molecule has 1 aromatic carbocycles. The third-order valence-corrected chi connectivity index (χ3v) is 3.64. The molecule has 2 aliphatic heterocycles. The van der Waals surface area contributed by atoms with Crippen molar-refractivity contribution in [1.29, 1.82) is 0 Å². The minimum Gasteiger partial charge on any atom is -0.486 e. The first-order valence-corrected chi connectivity index (χ1v) is 6.74. The molecule has 2 amide bonds. The van der Waals surface area contributed by atoms with Crippen molar-refractivity contribution in [3.05, 3.63) is 17.7 Å². The predicted molar refractivity (Wildman–Crippen MR) is 74.9 cm³/mol. The highest BCUT2D eigenvalue weighted by molar-refractivity contribution is 5.92. The van der Waals surface area contributed by atoms with E-state index in [9.17, 15) is 9.59 Å². The number of fused-ring (bicyclic) bond motifs is 1. The Morgan fingerprint density at radius 2 is 1.76 bits per heavy atom. The molecule has 0 spiro atoms. The zero-order valence-electron chi connectivity index (χ0n) is 11.8. The van der Waals surface area contributed by atoms with E-state index < -0.39 is 0 Å². The smallest absolute Gasteiger partial charge is 0.242 e. The third kappa shape index (κ3) is 2.58. The van der Waals surface area contributed by atoms with Crippen LogP contribution in [0, 0.1) is 0 Å². The molecule has 0 unspecified atom stereocenters. The Morgan fingerprint density at radius 1 is 1.10 bits per heavy atom. The zero-order chi connectivity index (χ0) is 15.0. The number of carbonyl (C=O) groups excluding carboxylic acids is 2. The Morgan fingerprint density at radius 3 is 2.48 bits per heavy atom. The van der Waals surface area contributed by atoms with Gasteiger partial charge in [0.1, 0.15) is 19.8 Å². The van der Waals surface area contributed by atoms with Crippen LogP contribution in [-0.4, -0.2) is 55.0 Å². The fraction of sp³-hybridized carbons (Fsp3) is 0.429. The lowest BCUT2D eigenvalue weighted by atomic mass is 10.1. The van der Waals surface area contributed by atoms with Crippen LogP contribution < -0.4 is 15.2 Å². The zero-order valence-corrected chi connectivity index (χ0v) is 11.8. The number of benzene rings is 1. The average molecular weight is 291 g/mol. The van der Waals surface area contributed by atoms with E-state index >= 15 is 0 Å². The van der Waals surface area contributed by atoms with Crippen molar-refractivity contribution in [2.75, 3.05) is 39.1 Å². The number of likely N-dealkylation sites (N-methyl/N-ethyl adjacent to an activating group) is 1. The highest BCUT2D eigenvalue weighted by Crippen LogP contribution is 2.35. The van der Waals surface area contributed by atoms with E-state index in [2.05, 4.69) is 0 Å². The van der Waals surface area contributed by atoms with Crippen molar-refractivity contribution in [3.63, 3.8) is 0 Å². The molecule has 7 heteroatoms. The van der Waals surface area contributed by atoms with Crippen LogP contribution in [0.2, 0.25) is 0 Å². The second kappa shape index (κ2) is 5.16. The van der Waals surface area contributed by atoms with Gasteiger partial charge >= 0.3 is 0 Å². The van der Waals surface area contributed by atoms with Gasteiger partial charge in [-0.15, -0.1) is 0 Å². The molecule has 2 aliphatic rings. The summed E-state index contributed by atoms with van der Waals surface area (Å²) in [6, 6.07) is 3.48. The minimum absolute atomic E-state index is 0.0726. The molecule has 0 atom stereocenters. The van der Waals surface area contributed by atoms with Gasteiger partial charge in [-0.1, -0.05) is 0 Å². The van der Waals surface area contributed by atoms with Gasteiger partial charge < -0.3 is 25.0 Å². The summed E-state index contributed by atoms with van der Waals surface area (Å²) in [6.07, 6.45) is 0. The lowest BCUT2D eigenvalue weighted by molar-refractivity contribution is -0.149. The van der Waals surface area contributed by atoms with Gasteiger partial charge in [-0.2, -0.15) is 0 Å². The topological polar surface area (TPSA) is 85.1 Å². The first kappa shape index (κ1) is 13.5. The number of nitrogens with zero attached hydrogens (tertiary/aromatic N) is 2. The molecule has 2 N–H and O–H groups in total. The number of nitrogens with two attached hydrogens (primary N) is 1. The summed E-state index contributed by atoms with van der Waals surface area (Å²) >= 11 is 0. The molecule has 0 radical (unpaired) electrons. The molecular weight excluding hydrogens is 274 g/mol. The molecule has 0 bridgehead atoms. The molecule has 3 rings (SSSR count). The van der Waals surface area contributed by atoms with Gasteiger partial charge in [-0.3, -0.25) is 9.59 Å².